The predicted molar refractivity (Wildman–Crippen MR) is 235 cm³/mol. The number of hydrogen-bond donors (Lipinski definition) is 0. The molecule has 1 atom stereocenters. The van der Waals surface area contributed by atoms with Gasteiger partial charge >= 0.3 is 0 Å². The van der Waals surface area contributed by atoms with E-state index in [1.807, 2.05) is 0 Å². The van der Waals surface area contributed by atoms with Crippen molar-refractivity contribution in [1.29, 1.82) is 0 Å². The summed E-state index contributed by atoms with van der Waals surface area (Å²) in [5, 5.41) is 10.0. The van der Waals surface area contributed by atoms with Crippen LogP contribution in [0.15, 0.2) is 188 Å². The van der Waals surface area contributed by atoms with E-state index in [-0.39, 0.29) is 0 Å². The Labute approximate surface area is 320 Å². The third kappa shape index (κ3) is 5.17. The lowest BCUT2D eigenvalue weighted by Gasteiger charge is -2.28. The van der Waals surface area contributed by atoms with Crippen molar-refractivity contribution in [2.24, 2.45) is 5.92 Å². The van der Waals surface area contributed by atoms with E-state index in [2.05, 4.69) is 211 Å². The van der Waals surface area contributed by atoms with Crippen molar-refractivity contribution in [1.82, 2.24) is 4.57 Å². The van der Waals surface area contributed by atoms with Crippen LogP contribution >= 0.6 is 0 Å². The highest BCUT2D eigenvalue weighted by Crippen LogP contribution is 2.43. The summed E-state index contributed by atoms with van der Waals surface area (Å²) in [6.45, 7) is 2.30. The Kier molecular flexibility index (Phi) is 7.25. The van der Waals surface area contributed by atoms with Gasteiger partial charge in [0.25, 0.3) is 0 Å². The molecule has 260 valence electrons. The van der Waals surface area contributed by atoms with Crippen molar-refractivity contribution < 1.29 is 0 Å². The third-order valence-corrected chi connectivity index (χ3v) is 11.7. The lowest BCUT2D eigenvalue weighted by Crippen LogP contribution is -2.11. The first-order chi connectivity index (χ1) is 27.2. The minimum Gasteiger partial charge on any atom is -0.310 e. The Balaban J connectivity index is 1.09. The second kappa shape index (κ2) is 12.6. The van der Waals surface area contributed by atoms with Gasteiger partial charge in [-0.1, -0.05) is 153 Å². The molecule has 10 aromatic rings. The average molecular weight is 703 g/mol. The lowest BCUT2D eigenvalue weighted by molar-refractivity contribution is 0.717. The summed E-state index contributed by atoms with van der Waals surface area (Å²) >= 11 is 0. The van der Waals surface area contributed by atoms with E-state index in [4.69, 9.17) is 0 Å². The van der Waals surface area contributed by atoms with Gasteiger partial charge in [0.2, 0.25) is 0 Å². The van der Waals surface area contributed by atoms with Gasteiger partial charge in [-0.25, -0.2) is 0 Å². The molecule has 1 heterocycles. The Morgan fingerprint density at radius 2 is 1.13 bits per heavy atom. The largest absolute Gasteiger partial charge is 0.310 e. The highest BCUT2D eigenvalue weighted by Gasteiger charge is 2.20. The van der Waals surface area contributed by atoms with Crippen LogP contribution in [0.4, 0.5) is 17.1 Å². The normalized spacial score (nSPS) is 13.9. The van der Waals surface area contributed by atoms with Crippen LogP contribution in [0.3, 0.4) is 0 Å². The number of aromatic nitrogens is 1. The fourth-order valence-corrected chi connectivity index (χ4v) is 9.01. The molecule has 2 nitrogen and oxygen atoms in total. The molecule has 1 aliphatic rings. The fraction of sp³-hybridized carbons (Fsp3) is 0.0566. The number of hydrogen-bond acceptors (Lipinski definition) is 1. The first-order valence-electron chi connectivity index (χ1n) is 19.3. The lowest BCUT2D eigenvalue weighted by atomic mass is 9.88. The standard InChI is InChI=1S/C53H38N2/c1-35-18-19-37-20-21-39(33-41(37)32-35)36-22-25-42(26-23-36)54(52-34-40-11-3-4-12-45(40)47-14-6-7-15-48(47)52)43-27-29-44(30-28-43)55-51-17-9-8-16-49(51)50-31-24-38-10-2-5-13-46(38)53(50)55/h2-31,33-35H,32H2,1H3. The van der Waals surface area contributed by atoms with Crippen LogP contribution in [-0.2, 0) is 6.42 Å². The quantitative estimate of drug-likeness (QED) is 0.162. The zero-order valence-electron chi connectivity index (χ0n) is 30.7. The van der Waals surface area contributed by atoms with Crippen LogP contribution < -0.4 is 4.90 Å². The predicted octanol–water partition coefficient (Wildman–Crippen LogP) is 14.6. The first-order valence-corrected chi connectivity index (χ1v) is 19.3. The maximum Gasteiger partial charge on any atom is 0.0619 e. The summed E-state index contributed by atoms with van der Waals surface area (Å²) in [5.41, 5.74) is 12.2. The number of rotatable bonds is 5. The fourth-order valence-electron chi connectivity index (χ4n) is 9.01. The summed E-state index contributed by atoms with van der Waals surface area (Å²) in [4.78, 5) is 2.43. The number of para-hydroxylation sites is 1. The molecule has 0 saturated heterocycles. The number of allylic oxidation sites excluding steroid dienone is 1. The molecule has 2 heteroatoms. The minimum absolute atomic E-state index is 0.566. The molecule has 11 rings (SSSR count). The van der Waals surface area contributed by atoms with E-state index in [0.717, 1.165) is 29.2 Å². The number of nitrogens with zero attached hydrogens (tertiary/aromatic N) is 2. The van der Waals surface area contributed by atoms with Crippen LogP contribution in [0.2, 0.25) is 0 Å². The third-order valence-electron chi connectivity index (χ3n) is 11.7. The van der Waals surface area contributed by atoms with E-state index in [0.29, 0.717) is 5.92 Å². The monoisotopic (exact) mass is 702 g/mol. The first kappa shape index (κ1) is 31.6. The molecular formula is C53H38N2. The van der Waals surface area contributed by atoms with Crippen molar-refractivity contribution in [3.8, 4) is 16.8 Å². The van der Waals surface area contributed by atoms with E-state index in [9.17, 15) is 0 Å². The summed E-state index contributed by atoms with van der Waals surface area (Å²) in [6.07, 6.45) is 5.68. The zero-order valence-corrected chi connectivity index (χ0v) is 30.7. The molecule has 0 spiro atoms. The van der Waals surface area contributed by atoms with Crippen molar-refractivity contribution >= 4 is 77.3 Å². The topological polar surface area (TPSA) is 8.17 Å². The molecule has 1 unspecified atom stereocenters. The number of anilines is 3. The van der Waals surface area contributed by atoms with E-state index in [1.54, 1.807) is 0 Å². The minimum atomic E-state index is 0.566. The van der Waals surface area contributed by atoms with Crippen molar-refractivity contribution in [3.05, 3.63) is 199 Å². The van der Waals surface area contributed by atoms with E-state index >= 15 is 0 Å². The summed E-state index contributed by atoms with van der Waals surface area (Å²) in [5.74, 6) is 0.566. The maximum absolute atomic E-state index is 2.44. The average Bonchev–Trinajstić information content (AvgIpc) is 3.59. The van der Waals surface area contributed by atoms with E-state index < -0.39 is 0 Å². The van der Waals surface area contributed by atoms with Gasteiger partial charge in [-0.2, -0.15) is 0 Å². The summed E-state index contributed by atoms with van der Waals surface area (Å²) in [6, 6.07) is 67.2. The van der Waals surface area contributed by atoms with Gasteiger partial charge in [-0.15, -0.1) is 0 Å². The molecule has 9 aromatic carbocycles. The zero-order chi connectivity index (χ0) is 36.5. The maximum atomic E-state index is 2.44. The molecule has 0 amide bonds. The molecule has 0 radical (unpaired) electrons. The second-order valence-electron chi connectivity index (χ2n) is 15.1. The van der Waals surface area contributed by atoms with Gasteiger partial charge in [-0.3, -0.25) is 0 Å². The van der Waals surface area contributed by atoms with Gasteiger partial charge in [0.15, 0.2) is 0 Å². The molecule has 1 aromatic heterocycles. The molecule has 55 heavy (non-hydrogen) atoms. The summed E-state index contributed by atoms with van der Waals surface area (Å²) in [7, 11) is 0. The Hall–Kier alpha value is -6.90. The molecule has 1 aliphatic carbocycles. The van der Waals surface area contributed by atoms with Crippen LogP contribution in [0.1, 0.15) is 18.1 Å². The van der Waals surface area contributed by atoms with Crippen LogP contribution in [0.5, 0.6) is 0 Å². The van der Waals surface area contributed by atoms with Gasteiger partial charge in [0.1, 0.15) is 0 Å². The molecule has 0 N–H and O–H groups in total. The molecule has 0 bridgehead atoms. The molecule has 0 fully saturated rings. The Morgan fingerprint density at radius 1 is 0.491 bits per heavy atom. The Bertz CT molecular complexity index is 3130. The van der Waals surface area contributed by atoms with Gasteiger partial charge in [-0.05, 0) is 105 Å². The number of benzene rings is 9. The highest BCUT2D eigenvalue weighted by molar-refractivity contribution is 6.19. The van der Waals surface area contributed by atoms with E-state index in [1.165, 1.54) is 76.4 Å². The van der Waals surface area contributed by atoms with Crippen LogP contribution in [0, 0.1) is 5.92 Å². The van der Waals surface area contributed by atoms with Gasteiger partial charge < -0.3 is 9.47 Å². The van der Waals surface area contributed by atoms with Crippen molar-refractivity contribution in [3.63, 3.8) is 0 Å². The number of fused-ring (bicyclic) bond motifs is 9. The second-order valence-corrected chi connectivity index (χ2v) is 15.1. The smallest absolute Gasteiger partial charge is 0.0619 e. The van der Waals surface area contributed by atoms with Crippen molar-refractivity contribution in [2.45, 2.75) is 13.3 Å². The molecule has 0 aliphatic heterocycles. The molecular weight excluding hydrogens is 665 g/mol. The highest BCUT2D eigenvalue weighted by atomic mass is 15.1. The van der Waals surface area contributed by atoms with Gasteiger partial charge in [0.05, 0.1) is 16.7 Å². The van der Waals surface area contributed by atoms with Crippen molar-refractivity contribution in [2.75, 3.05) is 4.90 Å². The van der Waals surface area contributed by atoms with Crippen LogP contribution in [0.25, 0.3) is 77.0 Å². The van der Waals surface area contributed by atoms with Crippen LogP contribution in [-0.4, -0.2) is 4.57 Å². The Morgan fingerprint density at radius 3 is 1.93 bits per heavy atom. The molecule has 0 saturated carbocycles. The summed E-state index contributed by atoms with van der Waals surface area (Å²) < 4.78 is 2.44. The van der Waals surface area contributed by atoms with Gasteiger partial charge in [0, 0.05) is 38.6 Å². The SMILES string of the molecule is CC1C=Cc2ccc(-c3ccc(N(c4ccc(-n5c6ccccc6c6ccc7ccccc7c65)cc4)c4cc5ccccc5c5ccccc45)cc3)cc2C1.